The van der Waals surface area contributed by atoms with Crippen LogP contribution in [0, 0.1) is 11.1 Å². The van der Waals surface area contributed by atoms with E-state index in [1.807, 2.05) is 0 Å². The molecule has 2 atom stereocenters. The summed E-state index contributed by atoms with van der Waals surface area (Å²) < 4.78 is 0. The van der Waals surface area contributed by atoms with E-state index < -0.39 is 0 Å². The van der Waals surface area contributed by atoms with Crippen molar-refractivity contribution < 1.29 is 0 Å². The van der Waals surface area contributed by atoms with Crippen LogP contribution in [0.5, 0.6) is 0 Å². The van der Waals surface area contributed by atoms with Gasteiger partial charge in [0.05, 0.1) is 0 Å². The summed E-state index contributed by atoms with van der Waals surface area (Å²) in [5.41, 5.74) is 5.83. The summed E-state index contributed by atoms with van der Waals surface area (Å²) in [7, 11) is 0. The maximum atomic E-state index is 11.0. The summed E-state index contributed by atoms with van der Waals surface area (Å²) in [4.78, 5) is 0. The Morgan fingerprint density at radius 1 is 1.60 bits per heavy atom. The summed E-state index contributed by atoms with van der Waals surface area (Å²) in [6.07, 6.45) is 3.29. The molecule has 1 aliphatic carbocycles. The Kier molecular flexibility index (Phi) is 1.27. The Morgan fingerprint density at radius 3 is 3.10 bits per heavy atom. The minimum atomic E-state index is -0.120. The van der Waals surface area contributed by atoms with E-state index in [0.717, 1.165) is 30.9 Å². The molecule has 3 heteroatoms. The van der Waals surface area contributed by atoms with Crippen molar-refractivity contribution in [2.75, 3.05) is 13.1 Å². The molecule has 1 heterocycles. The molecule has 1 saturated carbocycles. The third kappa shape index (κ3) is 0.944. The van der Waals surface area contributed by atoms with Crippen LogP contribution >= 0.6 is 0 Å². The van der Waals surface area contributed by atoms with E-state index in [4.69, 9.17) is 5.73 Å². The number of hydrogen-bond acceptors (Lipinski definition) is 3. The van der Waals surface area contributed by atoms with Crippen LogP contribution in [0.3, 0.4) is 0 Å². The molecule has 1 saturated heterocycles. The van der Waals surface area contributed by atoms with Crippen molar-refractivity contribution in [2.45, 2.75) is 24.8 Å². The van der Waals surface area contributed by atoms with Crippen LogP contribution in [0.15, 0.2) is 0 Å². The molecule has 58 valence electrons. The average Bonchev–Trinajstić information content (AvgIpc) is 2.06. The lowest BCUT2D eigenvalue weighted by Gasteiger charge is -2.41. The van der Waals surface area contributed by atoms with Gasteiger partial charge in [-0.25, -0.2) is 0 Å². The summed E-state index contributed by atoms with van der Waals surface area (Å²) in [6, 6.07) is 0. The van der Waals surface area contributed by atoms with Crippen LogP contribution in [0.2, 0.25) is 0 Å². The highest BCUT2D eigenvalue weighted by molar-refractivity contribution is 5.00. The van der Waals surface area contributed by atoms with Crippen molar-refractivity contribution in [1.82, 2.24) is 5.06 Å². The van der Waals surface area contributed by atoms with Gasteiger partial charge in [0, 0.05) is 12.1 Å². The fourth-order valence-corrected chi connectivity index (χ4v) is 2.27. The van der Waals surface area contributed by atoms with Gasteiger partial charge in [-0.2, -0.15) is 0 Å². The highest BCUT2D eigenvalue weighted by Crippen LogP contribution is 2.37. The molecule has 0 aromatic heterocycles. The molecule has 3 nitrogen and oxygen atoms in total. The predicted octanol–water partition coefficient (Wildman–Crippen LogP) is 0.297. The van der Waals surface area contributed by atoms with Crippen molar-refractivity contribution in [3.05, 3.63) is 5.21 Å². The van der Waals surface area contributed by atoms with Gasteiger partial charge < -0.3 is 16.0 Å². The van der Waals surface area contributed by atoms with E-state index in [1.165, 1.54) is 0 Å². The number of hydrogen-bond donors (Lipinski definition) is 1. The Bertz CT molecular complexity index is 151. The summed E-state index contributed by atoms with van der Waals surface area (Å²) in [6.45, 7) is 1.28. The molecule has 2 unspecified atom stereocenters. The van der Waals surface area contributed by atoms with E-state index in [2.05, 4.69) is 0 Å². The molecule has 2 rings (SSSR count). The molecule has 0 aromatic rings. The number of piperidine rings is 1. The third-order valence-electron chi connectivity index (χ3n) is 2.70. The highest BCUT2D eigenvalue weighted by atomic mass is 16.5. The Balaban J connectivity index is 2.13. The monoisotopic (exact) mass is 141 g/mol. The molecule has 0 radical (unpaired) electrons. The van der Waals surface area contributed by atoms with E-state index in [-0.39, 0.29) is 5.54 Å². The molecular formula is C7H13N2O-. The summed E-state index contributed by atoms with van der Waals surface area (Å²) >= 11 is 0. The first kappa shape index (κ1) is 6.58. The van der Waals surface area contributed by atoms with E-state index in [1.54, 1.807) is 0 Å². The number of nitrogens with two attached hydrogens (primary N) is 1. The van der Waals surface area contributed by atoms with Gasteiger partial charge in [0.25, 0.3) is 0 Å². The normalized spacial score (nSPS) is 48.0. The molecular weight excluding hydrogens is 128 g/mol. The summed E-state index contributed by atoms with van der Waals surface area (Å²) in [5.74, 6) is 0.594. The zero-order valence-corrected chi connectivity index (χ0v) is 6.05. The molecule has 10 heavy (non-hydrogen) atoms. The molecule has 0 spiro atoms. The molecule has 0 aromatic carbocycles. The minimum absolute atomic E-state index is 0.120. The van der Waals surface area contributed by atoms with Crippen molar-refractivity contribution in [1.29, 1.82) is 0 Å². The second-order valence-corrected chi connectivity index (χ2v) is 3.79. The number of rotatable bonds is 0. The fraction of sp³-hybridized carbons (Fsp3) is 1.00. The lowest BCUT2D eigenvalue weighted by atomic mass is 9.94. The zero-order chi connectivity index (χ0) is 7.19. The van der Waals surface area contributed by atoms with Gasteiger partial charge in [0.1, 0.15) is 0 Å². The standard InChI is InChI=1S/C7H13N2O/c8-7-2-1-6(3-7)4-9(10)5-7/h6H,1-5,8H2/q-1. The Morgan fingerprint density at radius 2 is 2.40 bits per heavy atom. The van der Waals surface area contributed by atoms with Crippen molar-refractivity contribution >= 4 is 0 Å². The first-order valence-corrected chi connectivity index (χ1v) is 3.89. The van der Waals surface area contributed by atoms with Crippen LogP contribution < -0.4 is 5.73 Å². The predicted molar refractivity (Wildman–Crippen MR) is 39.2 cm³/mol. The van der Waals surface area contributed by atoms with Crippen LogP contribution in [0.25, 0.3) is 0 Å². The van der Waals surface area contributed by atoms with Gasteiger partial charge in [0.2, 0.25) is 0 Å². The maximum absolute atomic E-state index is 11.0. The molecule has 2 aliphatic rings. The molecule has 0 amide bonds. The first-order valence-electron chi connectivity index (χ1n) is 3.89. The topological polar surface area (TPSA) is 52.3 Å². The number of fused-ring (bicyclic) bond motifs is 2. The summed E-state index contributed by atoms with van der Waals surface area (Å²) in [5, 5.41) is 12.1. The second-order valence-electron chi connectivity index (χ2n) is 3.79. The van der Waals surface area contributed by atoms with Gasteiger partial charge in [-0.1, -0.05) is 0 Å². The van der Waals surface area contributed by atoms with Gasteiger partial charge in [-0.3, -0.25) is 0 Å². The molecule has 2 N–H and O–H groups in total. The second kappa shape index (κ2) is 1.94. The van der Waals surface area contributed by atoms with Gasteiger partial charge >= 0.3 is 0 Å². The fourth-order valence-electron chi connectivity index (χ4n) is 2.27. The Hall–Kier alpha value is -0.120. The van der Waals surface area contributed by atoms with E-state index in [9.17, 15) is 5.21 Å². The zero-order valence-electron chi connectivity index (χ0n) is 6.05. The minimum Gasteiger partial charge on any atom is -0.785 e. The number of nitrogens with zero attached hydrogens (tertiary/aromatic N) is 1. The quantitative estimate of drug-likeness (QED) is 0.527. The smallest absolute Gasteiger partial charge is 0.0277 e. The van der Waals surface area contributed by atoms with Gasteiger partial charge in [0.15, 0.2) is 0 Å². The molecule has 2 bridgehead atoms. The lowest BCUT2D eigenvalue weighted by molar-refractivity contribution is 0.201. The van der Waals surface area contributed by atoms with Crippen LogP contribution in [-0.4, -0.2) is 23.7 Å². The average molecular weight is 141 g/mol. The molecule has 2 fully saturated rings. The van der Waals surface area contributed by atoms with Crippen molar-refractivity contribution in [3.8, 4) is 0 Å². The first-order chi connectivity index (χ1) is 4.68. The van der Waals surface area contributed by atoms with Gasteiger partial charge in [-0.15, -0.1) is 0 Å². The largest absolute Gasteiger partial charge is 0.785 e. The third-order valence-corrected chi connectivity index (χ3v) is 2.70. The SMILES string of the molecule is NC12CCC(CN([O-])C1)C2. The number of hydroxylamine groups is 2. The van der Waals surface area contributed by atoms with Gasteiger partial charge in [-0.05, 0) is 31.7 Å². The lowest BCUT2D eigenvalue weighted by Crippen LogP contribution is -2.50. The van der Waals surface area contributed by atoms with Crippen molar-refractivity contribution in [3.63, 3.8) is 0 Å². The van der Waals surface area contributed by atoms with Crippen LogP contribution in [0.1, 0.15) is 19.3 Å². The van der Waals surface area contributed by atoms with E-state index in [0.29, 0.717) is 12.5 Å². The van der Waals surface area contributed by atoms with E-state index >= 15 is 0 Å². The van der Waals surface area contributed by atoms with Crippen LogP contribution in [0.4, 0.5) is 0 Å². The van der Waals surface area contributed by atoms with Crippen molar-refractivity contribution in [2.24, 2.45) is 11.7 Å². The maximum Gasteiger partial charge on any atom is 0.0277 e. The molecule has 1 aliphatic heterocycles. The van der Waals surface area contributed by atoms with Crippen LogP contribution in [-0.2, 0) is 0 Å². The highest BCUT2D eigenvalue weighted by Gasteiger charge is 2.39. The Labute approximate surface area is 60.8 Å².